The number of nitrogens with one attached hydrogen (secondary N) is 1. The molecule has 0 saturated carbocycles. The van der Waals surface area contributed by atoms with Gasteiger partial charge in [0.05, 0.1) is 18.9 Å². The zero-order chi connectivity index (χ0) is 14.2. The minimum atomic E-state index is 0.883. The van der Waals surface area contributed by atoms with Crippen molar-refractivity contribution in [3.63, 3.8) is 0 Å². The van der Waals surface area contributed by atoms with Crippen molar-refractivity contribution in [2.75, 3.05) is 44.7 Å². The summed E-state index contributed by atoms with van der Waals surface area (Å²) < 4.78 is 7.63. The average Bonchev–Trinajstić information content (AvgIpc) is 2.81. The fourth-order valence-corrected chi connectivity index (χ4v) is 2.52. The Morgan fingerprint density at radius 3 is 2.80 bits per heavy atom. The van der Waals surface area contributed by atoms with Gasteiger partial charge in [0.2, 0.25) is 5.95 Å². The van der Waals surface area contributed by atoms with Crippen LogP contribution in [-0.4, -0.2) is 53.8 Å². The first-order chi connectivity index (χ1) is 9.79. The molecule has 0 atom stereocenters. The Morgan fingerprint density at radius 2 is 2.05 bits per heavy atom. The fraction of sp³-hybridized carbons (Fsp3) is 0.800. The van der Waals surface area contributed by atoms with Gasteiger partial charge in [0.15, 0.2) is 0 Å². The summed E-state index contributed by atoms with van der Waals surface area (Å²) in [5.74, 6) is 1.03. The third kappa shape index (κ3) is 4.80. The first-order valence-corrected chi connectivity index (χ1v) is 7.87. The largest absolute Gasteiger partial charge is 0.379 e. The number of anilines is 1. The van der Waals surface area contributed by atoms with Crippen LogP contribution in [0.15, 0.2) is 6.20 Å². The molecule has 0 radical (unpaired) electrons. The van der Waals surface area contributed by atoms with Crippen LogP contribution in [0, 0.1) is 6.92 Å². The number of unbranched alkanes of at least 4 members (excludes halogenated alkanes) is 1. The van der Waals surface area contributed by atoms with Crippen molar-refractivity contribution in [2.45, 2.75) is 39.7 Å². The summed E-state index contributed by atoms with van der Waals surface area (Å²) in [4.78, 5) is 7.05. The first kappa shape index (κ1) is 15.3. The van der Waals surface area contributed by atoms with Gasteiger partial charge in [-0.3, -0.25) is 4.90 Å². The molecule has 1 aromatic rings. The van der Waals surface area contributed by atoms with Gasteiger partial charge in [-0.1, -0.05) is 13.3 Å². The molecule has 1 aliphatic heterocycles. The lowest BCUT2D eigenvalue weighted by Gasteiger charge is -2.26. The maximum atomic E-state index is 5.37. The number of morpholine rings is 1. The first-order valence-electron chi connectivity index (χ1n) is 7.87. The summed E-state index contributed by atoms with van der Waals surface area (Å²) in [7, 11) is 0. The Balaban J connectivity index is 1.76. The zero-order valence-electron chi connectivity index (χ0n) is 12.9. The molecular weight excluding hydrogens is 252 g/mol. The predicted octanol–water partition coefficient (Wildman–Crippen LogP) is 2.13. The molecule has 0 bridgehead atoms. The Labute approximate surface area is 122 Å². The van der Waals surface area contributed by atoms with E-state index < -0.39 is 0 Å². The molecule has 1 saturated heterocycles. The number of aromatic nitrogens is 2. The van der Waals surface area contributed by atoms with Crippen LogP contribution in [0.25, 0.3) is 0 Å². The highest BCUT2D eigenvalue weighted by Crippen LogP contribution is 2.10. The Hall–Kier alpha value is -1.07. The zero-order valence-corrected chi connectivity index (χ0v) is 12.9. The highest BCUT2D eigenvalue weighted by atomic mass is 16.5. The molecule has 1 fully saturated rings. The fourth-order valence-electron chi connectivity index (χ4n) is 2.52. The molecule has 1 aliphatic rings. The van der Waals surface area contributed by atoms with Gasteiger partial charge < -0.3 is 14.6 Å². The number of nitrogens with zero attached hydrogens (tertiary/aromatic N) is 3. The maximum absolute atomic E-state index is 5.37. The summed E-state index contributed by atoms with van der Waals surface area (Å²) >= 11 is 0. The quantitative estimate of drug-likeness (QED) is 0.741. The molecule has 2 rings (SSSR count). The van der Waals surface area contributed by atoms with E-state index in [0.29, 0.717) is 0 Å². The van der Waals surface area contributed by atoms with Gasteiger partial charge in [-0.15, -0.1) is 0 Å². The van der Waals surface area contributed by atoms with E-state index in [-0.39, 0.29) is 0 Å². The average molecular weight is 280 g/mol. The van der Waals surface area contributed by atoms with Gasteiger partial charge in [-0.2, -0.15) is 0 Å². The van der Waals surface area contributed by atoms with Crippen LogP contribution in [0.4, 0.5) is 5.95 Å². The van der Waals surface area contributed by atoms with Crippen molar-refractivity contribution < 1.29 is 4.74 Å². The second-order valence-electron chi connectivity index (χ2n) is 5.49. The highest BCUT2D eigenvalue weighted by Gasteiger charge is 2.10. The Bertz CT molecular complexity index is 385. The van der Waals surface area contributed by atoms with Crippen LogP contribution in [0.5, 0.6) is 0 Å². The van der Waals surface area contributed by atoms with E-state index in [2.05, 4.69) is 39.8 Å². The molecule has 2 heterocycles. The number of rotatable bonds is 8. The van der Waals surface area contributed by atoms with Crippen LogP contribution in [-0.2, 0) is 11.3 Å². The molecule has 1 N–H and O–H groups in total. The van der Waals surface area contributed by atoms with Gasteiger partial charge in [0, 0.05) is 38.9 Å². The topological polar surface area (TPSA) is 42.3 Å². The second-order valence-corrected chi connectivity index (χ2v) is 5.49. The van der Waals surface area contributed by atoms with Crippen molar-refractivity contribution in [1.82, 2.24) is 14.5 Å². The van der Waals surface area contributed by atoms with E-state index in [1.54, 1.807) is 0 Å². The van der Waals surface area contributed by atoms with E-state index in [4.69, 9.17) is 4.74 Å². The molecule has 0 spiro atoms. The smallest absolute Gasteiger partial charge is 0.203 e. The van der Waals surface area contributed by atoms with Crippen molar-refractivity contribution >= 4 is 5.95 Å². The van der Waals surface area contributed by atoms with Gasteiger partial charge in [0.25, 0.3) is 0 Å². The lowest BCUT2D eigenvalue weighted by atomic mass is 10.3. The maximum Gasteiger partial charge on any atom is 0.203 e. The van der Waals surface area contributed by atoms with E-state index in [9.17, 15) is 0 Å². The normalized spacial score (nSPS) is 16.5. The molecule has 0 aromatic carbocycles. The van der Waals surface area contributed by atoms with Crippen LogP contribution >= 0.6 is 0 Å². The number of hydrogen-bond acceptors (Lipinski definition) is 4. The monoisotopic (exact) mass is 280 g/mol. The molecule has 0 unspecified atom stereocenters. The highest BCUT2D eigenvalue weighted by molar-refractivity contribution is 5.28. The molecule has 114 valence electrons. The van der Waals surface area contributed by atoms with E-state index in [1.165, 1.54) is 12.8 Å². The van der Waals surface area contributed by atoms with Gasteiger partial charge >= 0.3 is 0 Å². The van der Waals surface area contributed by atoms with Crippen LogP contribution < -0.4 is 5.32 Å². The van der Waals surface area contributed by atoms with Crippen molar-refractivity contribution in [1.29, 1.82) is 0 Å². The summed E-state index contributed by atoms with van der Waals surface area (Å²) in [5, 5.41) is 3.44. The number of ether oxygens (including phenoxy) is 1. The predicted molar refractivity (Wildman–Crippen MR) is 82.2 cm³/mol. The molecule has 1 aromatic heterocycles. The lowest BCUT2D eigenvalue weighted by Crippen LogP contribution is -2.37. The van der Waals surface area contributed by atoms with Crippen LogP contribution in [0.3, 0.4) is 0 Å². The van der Waals surface area contributed by atoms with Crippen molar-refractivity contribution in [2.24, 2.45) is 0 Å². The van der Waals surface area contributed by atoms with Crippen LogP contribution in [0.1, 0.15) is 31.9 Å². The van der Waals surface area contributed by atoms with Gasteiger partial charge in [-0.05, 0) is 19.8 Å². The van der Waals surface area contributed by atoms with E-state index in [0.717, 1.165) is 64.0 Å². The number of aryl methyl sites for hydroxylation is 2. The second kappa shape index (κ2) is 8.27. The van der Waals surface area contributed by atoms with E-state index >= 15 is 0 Å². The number of imidazole rings is 1. The summed E-state index contributed by atoms with van der Waals surface area (Å²) in [6.45, 7) is 11.4. The standard InChI is InChI=1S/C15H28N4O/c1-3-4-6-16-15-17-14(2)13-19(15)8-5-7-18-9-11-20-12-10-18/h13H,3-12H2,1-2H3,(H,16,17). The minimum absolute atomic E-state index is 0.883. The molecule has 0 amide bonds. The van der Waals surface area contributed by atoms with Crippen molar-refractivity contribution in [3.05, 3.63) is 11.9 Å². The third-order valence-electron chi connectivity index (χ3n) is 3.69. The number of hydrogen-bond donors (Lipinski definition) is 1. The van der Waals surface area contributed by atoms with Gasteiger partial charge in [0.1, 0.15) is 0 Å². The summed E-state index contributed by atoms with van der Waals surface area (Å²) in [6, 6.07) is 0. The molecule has 5 heteroatoms. The molecule has 20 heavy (non-hydrogen) atoms. The summed E-state index contributed by atoms with van der Waals surface area (Å²) in [6.07, 6.45) is 5.72. The van der Waals surface area contributed by atoms with Crippen molar-refractivity contribution in [3.8, 4) is 0 Å². The minimum Gasteiger partial charge on any atom is -0.379 e. The van der Waals surface area contributed by atoms with E-state index in [1.807, 2.05) is 0 Å². The lowest BCUT2D eigenvalue weighted by molar-refractivity contribution is 0.0369. The van der Waals surface area contributed by atoms with Gasteiger partial charge in [-0.25, -0.2) is 4.98 Å². The molecular formula is C15H28N4O. The Kier molecular flexibility index (Phi) is 6.33. The third-order valence-corrected chi connectivity index (χ3v) is 3.69. The molecule has 0 aliphatic carbocycles. The SMILES string of the molecule is CCCCNc1nc(C)cn1CCCN1CCOCC1. The molecule has 5 nitrogen and oxygen atoms in total. The summed E-state index contributed by atoms with van der Waals surface area (Å²) in [5.41, 5.74) is 1.09. The van der Waals surface area contributed by atoms with Crippen LogP contribution in [0.2, 0.25) is 0 Å². The Morgan fingerprint density at radius 1 is 1.25 bits per heavy atom.